The molecule has 0 radical (unpaired) electrons. The number of nitrogen functional groups attached to an aromatic ring is 1. The summed E-state index contributed by atoms with van der Waals surface area (Å²) in [6.45, 7) is -13.8. The van der Waals surface area contributed by atoms with Crippen molar-refractivity contribution < 1.29 is 30.0 Å². The van der Waals surface area contributed by atoms with E-state index in [1.54, 1.807) is 0 Å². The molecule has 3 aromatic rings. The molecule has 9 nitrogen and oxygen atoms in total. The van der Waals surface area contributed by atoms with Crippen LogP contribution < -0.4 is 15.4 Å². The van der Waals surface area contributed by atoms with Crippen molar-refractivity contribution in [2.24, 2.45) is 0 Å². The number of carbonyl (C=O) groups excluding carboxylic acids is 1. The van der Waals surface area contributed by atoms with E-state index in [0.717, 1.165) is 12.3 Å². The summed E-state index contributed by atoms with van der Waals surface area (Å²) < 4.78 is 77.6. The Balaban J connectivity index is 1.95. The molecule has 1 saturated heterocycles. The monoisotopic (exact) mass is 377 g/mol. The molecule has 0 bridgehead atoms. The van der Waals surface area contributed by atoms with E-state index in [2.05, 4.69) is 9.97 Å². The largest absolute Gasteiger partial charge is 0.504 e. The predicted octanol–water partition coefficient (Wildman–Crippen LogP) is 1.48. The maximum Gasteiger partial charge on any atom is 0.289 e. The summed E-state index contributed by atoms with van der Waals surface area (Å²) in [5.74, 6) is -3.38. The van der Waals surface area contributed by atoms with Gasteiger partial charge in [-0.15, -0.1) is 0 Å². The van der Waals surface area contributed by atoms with Crippen LogP contribution in [0.3, 0.4) is 0 Å². The SMILES string of the molecule is [2H]C1([2H])N(C(=O)c2ccco2)C([2H])([2H])C([2H])([2H])N(c2nc(N)c3cc(O)c(OC)cc3n2)C1([2H])[2H]. The summed E-state index contributed by atoms with van der Waals surface area (Å²) in [6, 6.07) is 4.80. The Morgan fingerprint density at radius 3 is 2.78 bits per heavy atom. The summed E-state index contributed by atoms with van der Waals surface area (Å²) in [7, 11) is 1.27. The summed E-state index contributed by atoms with van der Waals surface area (Å²) in [5, 5.41) is 10.1. The van der Waals surface area contributed by atoms with Crippen LogP contribution in [0.25, 0.3) is 10.9 Å². The standard InChI is InChI=1S/C18H19N5O4/c1-26-15-10-12-11(9-13(15)24)16(19)21-18(20-12)23-6-4-22(5-7-23)17(25)14-3-2-8-27-14/h2-3,8-10,24H,4-7H2,1H3,(H2,19,20,21)/i4D2,5D2,6D2,7D2. The summed E-state index contributed by atoms with van der Waals surface area (Å²) in [6.07, 6.45) is 1.08. The van der Waals surface area contributed by atoms with Crippen LogP contribution in [0.5, 0.6) is 11.5 Å². The number of rotatable bonds is 3. The number of phenols is 1. The number of carbonyl (C=O) groups is 1. The molecule has 0 aliphatic carbocycles. The molecule has 1 aliphatic heterocycles. The summed E-state index contributed by atoms with van der Waals surface area (Å²) in [5.41, 5.74) is 5.91. The average Bonchev–Trinajstić information content (AvgIpc) is 3.27. The third kappa shape index (κ3) is 3.07. The van der Waals surface area contributed by atoms with Gasteiger partial charge in [0, 0.05) is 37.4 Å². The number of amides is 1. The summed E-state index contributed by atoms with van der Waals surface area (Å²) >= 11 is 0. The lowest BCUT2D eigenvalue weighted by Gasteiger charge is -2.34. The maximum absolute atomic E-state index is 13.0. The van der Waals surface area contributed by atoms with Crippen LogP contribution in [0.2, 0.25) is 0 Å². The van der Waals surface area contributed by atoms with E-state index in [-0.39, 0.29) is 38.0 Å². The van der Waals surface area contributed by atoms with E-state index >= 15 is 0 Å². The normalized spacial score (nSPS) is 26.4. The van der Waals surface area contributed by atoms with Crippen LogP contribution in [0, 0.1) is 0 Å². The molecule has 0 spiro atoms. The van der Waals surface area contributed by atoms with Crippen molar-refractivity contribution in [2.45, 2.75) is 0 Å². The molecule has 0 atom stereocenters. The Hall–Kier alpha value is -3.49. The van der Waals surface area contributed by atoms with Gasteiger partial charge in [-0.3, -0.25) is 4.79 Å². The minimum atomic E-state index is -3.47. The van der Waals surface area contributed by atoms with Gasteiger partial charge in [-0.2, -0.15) is 4.98 Å². The van der Waals surface area contributed by atoms with Gasteiger partial charge in [0.15, 0.2) is 17.3 Å². The minimum Gasteiger partial charge on any atom is -0.504 e. The second-order valence-electron chi connectivity index (χ2n) is 5.35. The molecule has 1 aromatic carbocycles. The Morgan fingerprint density at radius 2 is 2.11 bits per heavy atom. The number of aromatic nitrogens is 2. The molecule has 9 heteroatoms. The molecule has 1 fully saturated rings. The van der Waals surface area contributed by atoms with E-state index in [1.165, 1.54) is 25.3 Å². The van der Waals surface area contributed by atoms with Crippen LogP contribution in [0.15, 0.2) is 34.9 Å². The average molecular weight is 377 g/mol. The lowest BCUT2D eigenvalue weighted by molar-refractivity contribution is 0.0714. The highest BCUT2D eigenvalue weighted by Gasteiger charge is 2.25. The first-order valence-electron chi connectivity index (χ1n) is 11.6. The zero-order valence-electron chi connectivity index (χ0n) is 21.9. The predicted molar refractivity (Wildman–Crippen MR) is 99.0 cm³/mol. The second-order valence-corrected chi connectivity index (χ2v) is 5.35. The highest BCUT2D eigenvalue weighted by Crippen LogP contribution is 2.33. The molecule has 3 N–H and O–H groups in total. The van der Waals surface area contributed by atoms with Gasteiger partial charge in [0.25, 0.3) is 5.91 Å². The molecular formula is C18H19N5O4. The summed E-state index contributed by atoms with van der Waals surface area (Å²) in [4.78, 5) is 20.8. The molecule has 140 valence electrons. The highest BCUT2D eigenvalue weighted by molar-refractivity contribution is 5.92. The number of piperazine rings is 1. The molecule has 2 aromatic heterocycles. The van der Waals surface area contributed by atoms with Gasteiger partial charge in [0.05, 0.1) is 29.9 Å². The number of ether oxygens (including phenoxy) is 1. The van der Waals surface area contributed by atoms with Crippen molar-refractivity contribution in [2.75, 3.05) is 43.7 Å². The van der Waals surface area contributed by atoms with Gasteiger partial charge in [-0.1, -0.05) is 0 Å². The number of furan rings is 1. The number of fused-ring (bicyclic) bond motifs is 1. The van der Waals surface area contributed by atoms with E-state index < -0.39 is 43.6 Å². The fraction of sp³-hybridized carbons (Fsp3) is 0.278. The number of nitrogens with two attached hydrogens (primary N) is 1. The van der Waals surface area contributed by atoms with Crippen molar-refractivity contribution in [1.82, 2.24) is 14.9 Å². The number of nitrogens with zero attached hydrogens (tertiary/aromatic N) is 4. The first-order chi connectivity index (χ1) is 16.1. The number of benzene rings is 1. The van der Waals surface area contributed by atoms with Crippen LogP contribution in [0.1, 0.15) is 21.5 Å². The maximum atomic E-state index is 13.0. The van der Waals surface area contributed by atoms with Gasteiger partial charge in [-0.25, -0.2) is 4.98 Å². The minimum absolute atomic E-state index is 0.0241. The zero-order chi connectivity index (χ0) is 26.1. The van der Waals surface area contributed by atoms with Crippen molar-refractivity contribution in [3.8, 4) is 11.5 Å². The smallest absolute Gasteiger partial charge is 0.289 e. The lowest BCUT2D eigenvalue weighted by Crippen LogP contribution is -2.49. The van der Waals surface area contributed by atoms with E-state index in [9.17, 15) is 9.90 Å². The molecular weight excluding hydrogens is 350 g/mol. The van der Waals surface area contributed by atoms with Gasteiger partial charge < -0.3 is 29.8 Å². The van der Waals surface area contributed by atoms with Crippen LogP contribution in [-0.4, -0.2) is 59.0 Å². The van der Waals surface area contributed by atoms with Crippen LogP contribution in [0.4, 0.5) is 11.8 Å². The van der Waals surface area contributed by atoms with E-state index in [0.29, 0.717) is 0 Å². The van der Waals surface area contributed by atoms with Crippen molar-refractivity contribution in [3.63, 3.8) is 0 Å². The molecule has 0 saturated carbocycles. The highest BCUT2D eigenvalue weighted by atomic mass is 16.5. The molecule has 27 heavy (non-hydrogen) atoms. The van der Waals surface area contributed by atoms with Crippen LogP contribution in [-0.2, 0) is 0 Å². The fourth-order valence-electron chi connectivity index (χ4n) is 2.39. The molecule has 1 aliphatic rings. The molecule has 1 amide bonds. The van der Waals surface area contributed by atoms with Gasteiger partial charge in [0.1, 0.15) is 5.82 Å². The lowest BCUT2D eigenvalue weighted by atomic mass is 10.2. The van der Waals surface area contributed by atoms with Crippen molar-refractivity contribution in [3.05, 3.63) is 36.3 Å². The first-order valence-corrected chi connectivity index (χ1v) is 7.61. The third-order valence-corrected chi connectivity index (χ3v) is 3.70. The van der Waals surface area contributed by atoms with Crippen molar-refractivity contribution >= 4 is 28.6 Å². The number of hydrogen-bond acceptors (Lipinski definition) is 8. The van der Waals surface area contributed by atoms with Crippen LogP contribution >= 0.6 is 0 Å². The second kappa shape index (κ2) is 6.67. The molecule has 0 unspecified atom stereocenters. The number of methoxy groups -OCH3 is 1. The number of aromatic hydroxyl groups is 1. The van der Waals surface area contributed by atoms with Gasteiger partial charge in [-0.05, 0) is 18.2 Å². The van der Waals surface area contributed by atoms with Gasteiger partial charge in [0.2, 0.25) is 5.95 Å². The number of phenolic OH excluding ortho intramolecular Hbond substituents is 1. The quantitative estimate of drug-likeness (QED) is 0.705. The van der Waals surface area contributed by atoms with Crippen molar-refractivity contribution in [1.29, 1.82) is 0 Å². The Bertz CT molecular complexity index is 1290. The molecule has 4 rings (SSSR count). The fourth-order valence-corrected chi connectivity index (χ4v) is 2.39. The topological polar surface area (TPSA) is 118 Å². The third-order valence-electron chi connectivity index (χ3n) is 3.70. The number of anilines is 2. The first kappa shape index (κ1) is 10.0. The van der Waals surface area contributed by atoms with Gasteiger partial charge >= 0.3 is 0 Å². The Morgan fingerprint density at radius 1 is 1.33 bits per heavy atom. The Labute approximate surface area is 166 Å². The zero-order valence-corrected chi connectivity index (χ0v) is 13.9. The van der Waals surface area contributed by atoms with E-state index in [1.807, 2.05) is 0 Å². The number of hydrogen-bond donors (Lipinski definition) is 2. The Kier molecular flexibility index (Phi) is 2.47. The molecule has 3 heterocycles. The van der Waals surface area contributed by atoms with E-state index in [4.69, 9.17) is 25.9 Å².